The first kappa shape index (κ1) is 45.2. The molecule has 1 heterocycles. The summed E-state index contributed by atoms with van der Waals surface area (Å²) in [5.74, 6) is 0.942. The zero-order chi connectivity index (χ0) is 31.4. The SMILES string of the molecule is C1CCOC1.CC(O)CC1CCC(C(=O)OCc2ccccc2)CC1.O=CCC1CCC(C(=O)OCc2ccccc2)CC1.[Br-].[CH3-].[Mg+2]. The standard InChI is InChI=1S/C17H24O3.C16H20O3.C4H8O.CH3.BrH.Mg/c1-13(18)11-14-7-9-16(10-8-14)17(19)20-12-15-5-3-2-4-6-15;17-11-10-13-6-8-15(9-7-13)16(18)19-12-14-4-2-1-3-5-14;1-2-4-5-3-1;;;/h2-6,13-14,16,18H,7-12H2,1H3;1-5,11,13,15H,6-10,12H2;1-4H2;1H3;1H;/q;;;-1;;+2/p-1. The van der Waals surface area contributed by atoms with Crippen LogP contribution in [-0.2, 0) is 41.8 Å². The molecule has 0 amide bonds. The zero-order valence-electron chi connectivity index (χ0n) is 28.5. The largest absolute Gasteiger partial charge is 2.00 e. The maximum Gasteiger partial charge on any atom is 2.00 e. The second kappa shape index (κ2) is 27.1. The molecule has 1 atom stereocenters. The number of ether oxygens (including phenoxy) is 3. The molecule has 1 unspecified atom stereocenters. The fourth-order valence-electron chi connectivity index (χ4n) is 6.09. The van der Waals surface area contributed by atoms with Crippen molar-refractivity contribution in [1.82, 2.24) is 0 Å². The summed E-state index contributed by atoms with van der Waals surface area (Å²) in [5.41, 5.74) is 2.05. The molecule has 1 aliphatic heterocycles. The van der Waals surface area contributed by atoms with Crippen molar-refractivity contribution in [3.8, 4) is 0 Å². The number of benzene rings is 2. The number of rotatable bonds is 10. The summed E-state index contributed by atoms with van der Waals surface area (Å²) in [5, 5.41) is 9.40. The van der Waals surface area contributed by atoms with E-state index in [1.807, 2.05) is 67.6 Å². The van der Waals surface area contributed by atoms with Gasteiger partial charge in [-0.3, -0.25) is 9.59 Å². The number of hydrogen-bond acceptors (Lipinski definition) is 7. The van der Waals surface area contributed by atoms with Gasteiger partial charge in [0.25, 0.3) is 0 Å². The minimum atomic E-state index is -0.235. The van der Waals surface area contributed by atoms with E-state index in [1.54, 1.807) is 0 Å². The van der Waals surface area contributed by atoms with Crippen molar-refractivity contribution in [3.05, 3.63) is 79.2 Å². The molecule has 0 aromatic heterocycles. The van der Waals surface area contributed by atoms with Crippen LogP contribution in [0.3, 0.4) is 0 Å². The molecule has 2 aromatic rings. The number of hydrogen-bond donors (Lipinski definition) is 1. The van der Waals surface area contributed by atoms with Crippen LogP contribution in [0.1, 0.15) is 95.1 Å². The Kier molecular flexibility index (Phi) is 26.1. The summed E-state index contributed by atoms with van der Waals surface area (Å²) in [7, 11) is 0. The number of halogens is 1. The van der Waals surface area contributed by atoms with E-state index < -0.39 is 0 Å². The first-order valence-corrected chi connectivity index (χ1v) is 16.5. The van der Waals surface area contributed by atoms with Gasteiger partial charge in [-0.1, -0.05) is 60.7 Å². The minimum Gasteiger partial charge on any atom is -1.00 e. The van der Waals surface area contributed by atoms with Gasteiger partial charge in [-0.05, 0) is 101 Å². The van der Waals surface area contributed by atoms with Gasteiger partial charge in [-0.2, -0.15) is 0 Å². The number of carbonyl (C=O) groups is 3. The Bertz CT molecular complexity index is 1060. The van der Waals surface area contributed by atoms with Crippen molar-refractivity contribution < 1.29 is 50.7 Å². The average Bonchev–Trinajstić information content (AvgIpc) is 3.65. The van der Waals surface area contributed by atoms with Gasteiger partial charge in [0.05, 0.1) is 17.9 Å². The molecular formula is C38H55BrMgO7. The summed E-state index contributed by atoms with van der Waals surface area (Å²) in [4.78, 5) is 34.4. The van der Waals surface area contributed by atoms with Crippen molar-refractivity contribution in [1.29, 1.82) is 0 Å². The molecule has 2 saturated carbocycles. The van der Waals surface area contributed by atoms with E-state index in [-0.39, 0.29) is 77.3 Å². The predicted molar refractivity (Wildman–Crippen MR) is 183 cm³/mol. The Balaban J connectivity index is 0.000000741. The minimum absolute atomic E-state index is 0. The third-order valence-corrected chi connectivity index (χ3v) is 8.74. The van der Waals surface area contributed by atoms with Crippen LogP contribution < -0.4 is 17.0 Å². The molecule has 3 aliphatic rings. The number of aliphatic hydroxyl groups is 1. The maximum atomic E-state index is 12.0. The third-order valence-electron chi connectivity index (χ3n) is 8.74. The zero-order valence-corrected chi connectivity index (χ0v) is 31.5. The normalized spacial score (nSPS) is 22.0. The molecular weight excluding hydrogens is 673 g/mol. The van der Waals surface area contributed by atoms with E-state index >= 15 is 0 Å². The number of aliphatic hydroxyl groups excluding tert-OH is 1. The molecule has 2 aromatic carbocycles. The average molecular weight is 728 g/mol. The van der Waals surface area contributed by atoms with Crippen LogP contribution in [-0.4, -0.2) is 65.7 Å². The molecule has 9 heteroatoms. The van der Waals surface area contributed by atoms with Gasteiger partial charge >= 0.3 is 35.0 Å². The van der Waals surface area contributed by atoms with Crippen LogP contribution in [0.2, 0.25) is 0 Å². The van der Waals surface area contributed by atoms with E-state index in [2.05, 4.69) is 0 Å². The van der Waals surface area contributed by atoms with Crippen LogP contribution in [0.5, 0.6) is 0 Å². The van der Waals surface area contributed by atoms with Crippen molar-refractivity contribution in [2.75, 3.05) is 13.2 Å². The van der Waals surface area contributed by atoms with Crippen molar-refractivity contribution in [2.45, 2.75) is 103 Å². The van der Waals surface area contributed by atoms with Crippen LogP contribution in [0, 0.1) is 31.1 Å². The first-order chi connectivity index (χ1) is 21.4. The van der Waals surface area contributed by atoms with E-state index in [9.17, 15) is 19.5 Å². The molecule has 2 aliphatic carbocycles. The molecule has 1 saturated heterocycles. The summed E-state index contributed by atoms with van der Waals surface area (Å²) in [6, 6.07) is 19.5. The summed E-state index contributed by atoms with van der Waals surface area (Å²) in [6.07, 6.45) is 12.3. The Hall–Kier alpha value is -1.78. The molecule has 7 nitrogen and oxygen atoms in total. The van der Waals surface area contributed by atoms with Crippen LogP contribution >= 0.6 is 0 Å². The van der Waals surface area contributed by atoms with E-state index in [4.69, 9.17) is 14.2 Å². The van der Waals surface area contributed by atoms with E-state index in [1.165, 1.54) is 12.8 Å². The second-order valence-corrected chi connectivity index (χ2v) is 12.4. The molecule has 258 valence electrons. The van der Waals surface area contributed by atoms with Gasteiger partial charge in [0.15, 0.2) is 0 Å². The van der Waals surface area contributed by atoms with Gasteiger partial charge in [0, 0.05) is 19.6 Å². The second-order valence-electron chi connectivity index (χ2n) is 12.4. The topological polar surface area (TPSA) is 99.1 Å². The van der Waals surface area contributed by atoms with Gasteiger partial charge in [0.2, 0.25) is 0 Å². The molecule has 0 bridgehead atoms. The number of carbonyl (C=O) groups excluding carboxylic acids is 3. The smallest absolute Gasteiger partial charge is 1.00 e. The van der Waals surface area contributed by atoms with E-state index in [0.29, 0.717) is 31.5 Å². The summed E-state index contributed by atoms with van der Waals surface area (Å²) >= 11 is 0. The van der Waals surface area contributed by atoms with Crippen LogP contribution in [0.25, 0.3) is 0 Å². The maximum absolute atomic E-state index is 12.0. The summed E-state index contributed by atoms with van der Waals surface area (Å²) in [6.45, 7) is 4.56. The van der Waals surface area contributed by atoms with Crippen LogP contribution in [0.4, 0.5) is 0 Å². The van der Waals surface area contributed by atoms with Gasteiger partial charge in [-0.15, -0.1) is 0 Å². The quantitative estimate of drug-likeness (QED) is 0.169. The van der Waals surface area contributed by atoms with Crippen molar-refractivity contribution >= 4 is 41.3 Å². The monoisotopic (exact) mass is 726 g/mol. The fourth-order valence-corrected chi connectivity index (χ4v) is 6.09. The number of esters is 2. The molecule has 1 N–H and O–H groups in total. The van der Waals surface area contributed by atoms with Crippen molar-refractivity contribution in [3.63, 3.8) is 0 Å². The molecule has 5 rings (SSSR count). The molecule has 47 heavy (non-hydrogen) atoms. The van der Waals surface area contributed by atoms with Gasteiger partial charge < -0.3 is 48.5 Å². The fraction of sp³-hybridized carbons (Fsp3) is 0.579. The van der Waals surface area contributed by atoms with Gasteiger partial charge in [-0.25, -0.2) is 0 Å². The molecule has 3 fully saturated rings. The Labute approximate surface area is 309 Å². The number of aldehydes is 1. The van der Waals surface area contributed by atoms with Crippen molar-refractivity contribution in [2.24, 2.45) is 23.7 Å². The third kappa shape index (κ3) is 19.1. The van der Waals surface area contributed by atoms with Gasteiger partial charge in [0.1, 0.15) is 19.5 Å². The predicted octanol–water partition coefficient (Wildman–Crippen LogP) is 4.30. The molecule has 0 spiro atoms. The summed E-state index contributed by atoms with van der Waals surface area (Å²) < 4.78 is 15.7. The van der Waals surface area contributed by atoms with E-state index in [0.717, 1.165) is 88.4 Å². The van der Waals surface area contributed by atoms with Crippen LogP contribution in [0.15, 0.2) is 60.7 Å². The first-order valence-electron chi connectivity index (χ1n) is 16.5. The Morgan fingerprint density at radius 3 is 1.51 bits per heavy atom. The molecule has 0 radical (unpaired) electrons. The Morgan fingerprint density at radius 1 is 0.766 bits per heavy atom. The Morgan fingerprint density at radius 2 is 1.17 bits per heavy atom.